The molecular weight excluding hydrogens is 230 g/mol. The zero-order chi connectivity index (χ0) is 13.7. The second-order valence-corrected chi connectivity index (χ2v) is 4.44. The highest BCUT2D eigenvalue weighted by Gasteiger charge is 2.19. The van der Waals surface area contributed by atoms with Gasteiger partial charge >= 0.3 is 5.97 Å². The quantitative estimate of drug-likeness (QED) is 0.814. The highest BCUT2D eigenvalue weighted by molar-refractivity contribution is 5.72. The Labute approximate surface area is 108 Å². The summed E-state index contributed by atoms with van der Waals surface area (Å²) in [5, 5.41) is 12.1. The third kappa shape index (κ3) is 3.47. The van der Waals surface area contributed by atoms with Crippen LogP contribution in [0.4, 0.5) is 0 Å². The van der Waals surface area contributed by atoms with E-state index < -0.39 is 12.1 Å². The molecule has 100 valence electrons. The van der Waals surface area contributed by atoms with Gasteiger partial charge < -0.3 is 15.2 Å². The van der Waals surface area contributed by atoms with E-state index in [2.05, 4.69) is 5.32 Å². The van der Waals surface area contributed by atoms with Crippen molar-refractivity contribution in [3.63, 3.8) is 0 Å². The van der Waals surface area contributed by atoms with Crippen molar-refractivity contribution in [3.05, 3.63) is 28.8 Å². The highest BCUT2D eigenvalue weighted by atomic mass is 16.5. The van der Waals surface area contributed by atoms with Crippen molar-refractivity contribution < 1.29 is 14.6 Å². The van der Waals surface area contributed by atoms with E-state index in [9.17, 15) is 4.79 Å². The molecule has 0 spiro atoms. The Bertz CT molecular complexity index is 406. The number of hydrogen-bond donors (Lipinski definition) is 2. The van der Waals surface area contributed by atoms with E-state index in [4.69, 9.17) is 9.84 Å². The molecule has 0 saturated heterocycles. The normalized spacial score (nSPS) is 12.2. The smallest absolute Gasteiger partial charge is 0.344 e. The predicted octanol–water partition coefficient (Wildman–Crippen LogP) is 2.26. The van der Waals surface area contributed by atoms with Crippen molar-refractivity contribution in [3.8, 4) is 5.75 Å². The first-order valence-electron chi connectivity index (χ1n) is 6.13. The molecule has 0 amide bonds. The summed E-state index contributed by atoms with van der Waals surface area (Å²) >= 11 is 0. The van der Waals surface area contributed by atoms with E-state index in [1.807, 2.05) is 33.0 Å². The molecule has 1 aromatic rings. The van der Waals surface area contributed by atoms with Gasteiger partial charge in [0, 0.05) is 6.54 Å². The average Bonchev–Trinajstić information content (AvgIpc) is 2.28. The molecule has 1 atom stereocenters. The first-order chi connectivity index (χ1) is 8.49. The summed E-state index contributed by atoms with van der Waals surface area (Å²) in [7, 11) is 1.90. The van der Waals surface area contributed by atoms with Gasteiger partial charge in [-0.05, 0) is 44.0 Å². The number of benzene rings is 1. The number of ether oxygens (including phenoxy) is 1. The van der Waals surface area contributed by atoms with Crippen LogP contribution < -0.4 is 10.1 Å². The first-order valence-corrected chi connectivity index (χ1v) is 6.13. The Balaban J connectivity index is 2.99. The fourth-order valence-electron chi connectivity index (χ4n) is 1.98. The molecule has 1 rings (SSSR count). The molecule has 18 heavy (non-hydrogen) atoms. The summed E-state index contributed by atoms with van der Waals surface area (Å²) in [5.74, 6) is -0.236. The van der Waals surface area contributed by atoms with Crippen LogP contribution in [0.15, 0.2) is 12.1 Å². The number of aliphatic carboxylic acids is 1. The van der Waals surface area contributed by atoms with E-state index in [0.29, 0.717) is 12.2 Å². The van der Waals surface area contributed by atoms with Crippen molar-refractivity contribution in [2.24, 2.45) is 0 Å². The predicted molar refractivity (Wildman–Crippen MR) is 71.0 cm³/mol. The van der Waals surface area contributed by atoms with E-state index in [1.54, 1.807) is 6.92 Å². The van der Waals surface area contributed by atoms with Crippen LogP contribution in [0.2, 0.25) is 0 Å². The standard InChI is InChI=1S/C14H21NO3/c1-5-12(14(16)17)18-13-9(2)6-11(8-15-4)7-10(13)3/h6-7,12,15H,5,8H2,1-4H3,(H,16,17). The average molecular weight is 251 g/mol. The van der Waals surface area contributed by atoms with Crippen LogP contribution in [0, 0.1) is 13.8 Å². The minimum Gasteiger partial charge on any atom is -0.479 e. The number of hydrogen-bond acceptors (Lipinski definition) is 3. The van der Waals surface area contributed by atoms with Crippen molar-refractivity contribution in [1.29, 1.82) is 0 Å². The van der Waals surface area contributed by atoms with Crippen LogP contribution >= 0.6 is 0 Å². The van der Waals surface area contributed by atoms with Crippen molar-refractivity contribution in [2.45, 2.75) is 39.8 Å². The molecule has 0 heterocycles. The van der Waals surface area contributed by atoms with Crippen molar-refractivity contribution >= 4 is 5.97 Å². The fraction of sp³-hybridized carbons (Fsp3) is 0.500. The van der Waals surface area contributed by atoms with Crippen LogP contribution in [0.3, 0.4) is 0 Å². The summed E-state index contributed by atoms with van der Waals surface area (Å²) in [5.41, 5.74) is 3.11. The molecular formula is C14H21NO3. The SMILES string of the molecule is CCC(Oc1c(C)cc(CNC)cc1C)C(=O)O. The third-order valence-electron chi connectivity index (χ3n) is 2.81. The first kappa shape index (κ1) is 14.5. The molecule has 1 unspecified atom stereocenters. The van der Waals surface area contributed by atoms with E-state index in [1.165, 1.54) is 5.56 Å². The number of carbonyl (C=O) groups is 1. The molecule has 0 aliphatic heterocycles. The number of carboxylic acid groups (broad SMARTS) is 1. The molecule has 0 aliphatic carbocycles. The summed E-state index contributed by atoms with van der Waals surface area (Å²) in [4.78, 5) is 11.0. The molecule has 0 saturated carbocycles. The molecule has 0 bridgehead atoms. The Morgan fingerprint density at radius 2 is 1.94 bits per heavy atom. The van der Waals surface area contributed by atoms with Gasteiger partial charge in [0.2, 0.25) is 0 Å². The second-order valence-electron chi connectivity index (χ2n) is 4.44. The van der Waals surface area contributed by atoms with Crippen LogP contribution in [0.5, 0.6) is 5.75 Å². The maximum absolute atomic E-state index is 11.0. The lowest BCUT2D eigenvalue weighted by molar-refractivity contribution is -0.145. The fourth-order valence-corrected chi connectivity index (χ4v) is 1.98. The number of carboxylic acids is 1. The molecule has 4 heteroatoms. The monoisotopic (exact) mass is 251 g/mol. The zero-order valence-corrected chi connectivity index (χ0v) is 11.4. The van der Waals surface area contributed by atoms with Gasteiger partial charge in [-0.2, -0.15) is 0 Å². The highest BCUT2D eigenvalue weighted by Crippen LogP contribution is 2.26. The van der Waals surface area contributed by atoms with E-state index in [-0.39, 0.29) is 0 Å². The van der Waals surface area contributed by atoms with Crippen LogP contribution in [0.25, 0.3) is 0 Å². The lowest BCUT2D eigenvalue weighted by atomic mass is 10.1. The second kappa shape index (κ2) is 6.40. The van der Waals surface area contributed by atoms with Gasteiger partial charge in [0.25, 0.3) is 0 Å². The third-order valence-corrected chi connectivity index (χ3v) is 2.81. The topological polar surface area (TPSA) is 58.6 Å². The maximum atomic E-state index is 11.0. The Morgan fingerprint density at radius 3 is 2.33 bits per heavy atom. The van der Waals surface area contributed by atoms with Crippen LogP contribution in [-0.2, 0) is 11.3 Å². The Morgan fingerprint density at radius 1 is 1.39 bits per heavy atom. The molecule has 0 radical (unpaired) electrons. The largest absolute Gasteiger partial charge is 0.479 e. The molecule has 0 aromatic heterocycles. The summed E-state index contributed by atoms with van der Waals surface area (Å²) in [6.07, 6.45) is -0.329. The Kier molecular flexibility index (Phi) is 5.16. The van der Waals surface area contributed by atoms with Gasteiger partial charge in [-0.25, -0.2) is 4.79 Å². The van der Waals surface area contributed by atoms with Gasteiger partial charge in [-0.15, -0.1) is 0 Å². The summed E-state index contributed by atoms with van der Waals surface area (Å²) in [6, 6.07) is 4.04. The summed E-state index contributed by atoms with van der Waals surface area (Å²) < 4.78 is 5.60. The lowest BCUT2D eigenvalue weighted by Crippen LogP contribution is -2.26. The van der Waals surface area contributed by atoms with E-state index in [0.717, 1.165) is 17.7 Å². The van der Waals surface area contributed by atoms with E-state index >= 15 is 0 Å². The van der Waals surface area contributed by atoms with Gasteiger partial charge in [0.05, 0.1) is 0 Å². The van der Waals surface area contributed by atoms with Crippen molar-refractivity contribution in [2.75, 3.05) is 7.05 Å². The minimum atomic E-state index is -0.921. The maximum Gasteiger partial charge on any atom is 0.344 e. The van der Waals surface area contributed by atoms with Crippen LogP contribution in [0.1, 0.15) is 30.0 Å². The number of nitrogens with one attached hydrogen (secondary N) is 1. The van der Waals surface area contributed by atoms with Gasteiger partial charge in [0.15, 0.2) is 6.10 Å². The van der Waals surface area contributed by atoms with Gasteiger partial charge in [0.1, 0.15) is 5.75 Å². The lowest BCUT2D eigenvalue weighted by Gasteiger charge is -2.18. The number of rotatable bonds is 6. The molecule has 2 N–H and O–H groups in total. The molecule has 4 nitrogen and oxygen atoms in total. The molecule has 1 aromatic carbocycles. The van der Waals surface area contributed by atoms with Gasteiger partial charge in [-0.1, -0.05) is 19.1 Å². The van der Waals surface area contributed by atoms with Crippen molar-refractivity contribution in [1.82, 2.24) is 5.32 Å². The molecule has 0 aliphatic rings. The summed E-state index contributed by atoms with van der Waals surface area (Å²) in [6.45, 7) is 6.48. The number of aryl methyl sites for hydroxylation is 2. The van der Waals surface area contributed by atoms with Crippen LogP contribution in [-0.4, -0.2) is 24.2 Å². The molecule has 0 fully saturated rings. The Hall–Kier alpha value is -1.55. The minimum absolute atomic E-state index is 0.451. The zero-order valence-electron chi connectivity index (χ0n) is 11.4. The van der Waals surface area contributed by atoms with Gasteiger partial charge in [-0.3, -0.25) is 0 Å².